The highest BCUT2D eigenvalue weighted by atomic mass is 16.1. The summed E-state index contributed by atoms with van der Waals surface area (Å²) in [6, 6.07) is 6.26. The second kappa shape index (κ2) is 6.44. The van der Waals surface area contributed by atoms with E-state index in [1.54, 1.807) is 0 Å². The van der Waals surface area contributed by atoms with Gasteiger partial charge in [-0.2, -0.15) is 0 Å². The van der Waals surface area contributed by atoms with Crippen molar-refractivity contribution in [2.45, 2.75) is 33.1 Å². The van der Waals surface area contributed by atoms with E-state index in [2.05, 4.69) is 37.4 Å². The molecule has 1 aromatic rings. The molecule has 0 spiro atoms. The molecule has 0 saturated heterocycles. The van der Waals surface area contributed by atoms with Crippen molar-refractivity contribution >= 4 is 5.78 Å². The number of hydrogen-bond acceptors (Lipinski definition) is 2. The van der Waals surface area contributed by atoms with Gasteiger partial charge in [-0.15, -0.1) is 0 Å². The van der Waals surface area contributed by atoms with E-state index in [4.69, 9.17) is 0 Å². The molecule has 0 fully saturated rings. The normalized spacial score (nSPS) is 10.4. The van der Waals surface area contributed by atoms with Crippen LogP contribution >= 0.6 is 0 Å². The summed E-state index contributed by atoms with van der Waals surface area (Å²) >= 11 is 0. The van der Waals surface area contributed by atoms with Gasteiger partial charge in [-0.25, -0.2) is 0 Å². The third-order valence-corrected chi connectivity index (χ3v) is 2.86. The van der Waals surface area contributed by atoms with Gasteiger partial charge >= 0.3 is 0 Å². The molecule has 1 N–H and O–H groups in total. The Hall–Kier alpha value is -1.15. The van der Waals surface area contributed by atoms with Gasteiger partial charge < -0.3 is 5.32 Å². The predicted molar refractivity (Wildman–Crippen MR) is 67.8 cm³/mol. The van der Waals surface area contributed by atoms with E-state index in [9.17, 15) is 4.79 Å². The molecule has 0 bridgehead atoms. The van der Waals surface area contributed by atoms with Crippen molar-refractivity contribution in [3.05, 3.63) is 34.9 Å². The molecule has 0 aromatic heterocycles. The average Bonchev–Trinajstić information content (AvgIpc) is 2.24. The van der Waals surface area contributed by atoms with Crippen molar-refractivity contribution in [1.82, 2.24) is 5.32 Å². The lowest BCUT2D eigenvalue weighted by molar-refractivity contribution is -0.118. The maximum atomic E-state index is 11.7. The largest absolute Gasteiger partial charge is 0.320 e. The molecule has 0 aliphatic heterocycles. The minimum atomic E-state index is 0.332. The Morgan fingerprint density at radius 1 is 1.25 bits per heavy atom. The highest BCUT2D eigenvalue weighted by Gasteiger charge is 2.04. The number of benzene rings is 1. The second-order valence-electron chi connectivity index (χ2n) is 4.34. The number of aryl methyl sites for hydroxylation is 2. The fraction of sp³-hybridized carbons (Fsp3) is 0.500. The first-order valence-electron chi connectivity index (χ1n) is 5.86. The predicted octanol–water partition coefficient (Wildman–Crippen LogP) is 2.41. The first kappa shape index (κ1) is 12.9. The fourth-order valence-electron chi connectivity index (χ4n) is 1.69. The SMILES string of the molecule is CNCCCC(=O)Cc1ccc(C)c(C)c1. The van der Waals surface area contributed by atoms with Gasteiger partial charge in [0.25, 0.3) is 0 Å². The van der Waals surface area contributed by atoms with Crippen molar-refractivity contribution in [1.29, 1.82) is 0 Å². The summed E-state index contributed by atoms with van der Waals surface area (Å²) in [5.74, 6) is 0.332. The molecule has 1 rings (SSSR count). The van der Waals surface area contributed by atoms with Gasteiger partial charge in [0, 0.05) is 12.8 Å². The summed E-state index contributed by atoms with van der Waals surface area (Å²) in [4.78, 5) is 11.7. The van der Waals surface area contributed by atoms with E-state index in [0.29, 0.717) is 18.6 Å². The van der Waals surface area contributed by atoms with E-state index < -0.39 is 0 Å². The summed E-state index contributed by atoms with van der Waals surface area (Å²) in [5, 5.41) is 3.05. The summed E-state index contributed by atoms with van der Waals surface area (Å²) in [6.45, 7) is 5.09. The molecule has 16 heavy (non-hydrogen) atoms. The summed E-state index contributed by atoms with van der Waals surface area (Å²) < 4.78 is 0. The summed E-state index contributed by atoms with van der Waals surface area (Å²) in [6.07, 6.45) is 2.18. The molecule has 0 aliphatic rings. The molecule has 0 saturated carbocycles. The van der Waals surface area contributed by atoms with Gasteiger partial charge in [0.2, 0.25) is 0 Å². The van der Waals surface area contributed by atoms with Crippen molar-refractivity contribution in [3.63, 3.8) is 0 Å². The zero-order valence-electron chi connectivity index (χ0n) is 10.5. The van der Waals surface area contributed by atoms with Crippen LogP contribution in [0.15, 0.2) is 18.2 Å². The molecule has 0 atom stereocenters. The number of nitrogens with one attached hydrogen (secondary N) is 1. The minimum Gasteiger partial charge on any atom is -0.320 e. The first-order chi connectivity index (χ1) is 7.63. The van der Waals surface area contributed by atoms with Crippen LogP contribution in [0.5, 0.6) is 0 Å². The molecule has 2 nitrogen and oxygen atoms in total. The number of carbonyl (C=O) groups excluding carboxylic acids is 1. The van der Waals surface area contributed by atoms with Gasteiger partial charge in [-0.1, -0.05) is 18.2 Å². The molecule has 0 amide bonds. The molecule has 0 heterocycles. The van der Waals surface area contributed by atoms with Crippen molar-refractivity contribution in [2.24, 2.45) is 0 Å². The molecular formula is C14H21NO. The molecule has 2 heteroatoms. The van der Waals surface area contributed by atoms with E-state index in [1.807, 2.05) is 7.05 Å². The number of ketones is 1. The molecule has 1 aromatic carbocycles. The lowest BCUT2D eigenvalue weighted by atomic mass is 10.0. The summed E-state index contributed by atoms with van der Waals surface area (Å²) in [7, 11) is 1.91. The van der Waals surface area contributed by atoms with E-state index in [1.165, 1.54) is 11.1 Å². The molecular weight excluding hydrogens is 198 g/mol. The van der Waals surface area contributed by atoms with Gasteiger partial charge in [-0.05, 0) is 50.6 Å². The van der Waals surface area contributed by atoms with Crippen LogP contribution in [0.3, 0.4) is 0 Å². The lowest BCUT2D eigenvalue weighted by Crippen LogP contribution is -2.11. The zero-order valence-corrected chi connectivity index (χ0v) is 10.5. The standard InChI is InChI=1S/C14H21NO/c1-11-6-7-13(9-12(11)2)10-14(16)5-4-8-15-3/h6-7,9,15H,4-5,8,10H2,1-3H3. The number of carbonyl (C=O) groups is 1. The maximum Gasteiger partial charge on any atom is 0.137 e. The molecule has 88 valence electrons. The van der Waals surface area contributed by atoms with Crippen molar-refractivity contribution in [2.75, 3.05) is 13.6 Å². The zero-order chi connectivity index (χ0) is 12.0. The Balaban J connectivity index is 2.46. The highest BCUT2D eigenvalue weighted by Crippen LogP contribution is 2.11. The lowest BCUT2D eigenvalue weighted by Gasteiger charge is -2.05. The quantitative estimate of drug-likeness (QED) is 0.744. The van der Waals surface area contributed by atoms with E-state index >= 15 is 0 Å². The van der Waals surface area contributed by atoms with Crippen LogP contribution < -0.4 is 5.32 Å². The Morgan fingerprint density at radius 3 is 2.62 bits per heavy atom. The van der Waals surface area contributed by atoms with Gasteiger partial charge in [0.15, 0.2) is 0 Å². The van der Waals surface area contributed by atoms with Gasteiger partial charge in [-0.3, -0.25) is 4.79 Å². The first-order valence-corrected chi connectivity index (χ1v) is 5.86. The monoisotopic (exact) mass is 219 g/mol. The van der Waals surface area contributed by atoms with E-state index in [0.717, 1.165) is 18.5 Å². The second-order valence-corrected chi connectivity index (χ2v) is 4.34. The van der Waals surface area contributed by atoms with Crippen LogP contribution in [0.4, 0.5) is 0 Å². The smallest absolute Gasteiger partial charge is 0.137 e. The van der Waals surface area contributed by atoms with Crippen LogP contribution in [0.2, 0.25) is 0 Å². The van der Waals surface area contributed by atoms with Crippen molar-refractivity contribution in [3.8, 4) is 0 Å². The van der Waals surface area contributed by atoms with Crippen LogP contribution in [-0.2, 0) is 11.2 Å². The average molecular weight is 219 g/mol. The van der Waals surface area contributed by atoms with Gasteiger partial charge in [0.05, 0.1) is 0 Å². The van der Waals surface area contributed by atoms with Crippen LogP contribution in [0, 0.1) is 13.8 Å². The van der Waals surface area contributed by atoms with Crippen molar-refractivity contribution < 1.29 is 4.79 Å². The topological polar surface area (TPSA) is 29.1 Å². The number of Topliss-reactive ketones (excluding diaryl/α,β-unsaturated/α-hetero) is 1. The minimum absolute atomic E-state index is 0.332. The van der Waals surface area contributed by atoms with Crippen LogP contribution in [0.25, 0.3) is 0 Å². The molecule has 0 unspecified atom stereocenters. The Kier molecular flexibility index (Phi) is 5.20. The Morgan fingerprint density at radius 2 is 2.00 bits per heavy atom. The fourth-order valence-corrected chi connectivity index (χ4v) is 1.69. The summed E-state index contributed by atoms with van der Waals surface area (Å²) in [5.41, 5.74) is 3.68. The number of rotatable bonds is 6. The van der Waals surface area contributed by atoms with E-state index in [-0.39, 0.29) is 0 Å². The third-order valence-electron chi connectivity index (χ3n) is 2.86. The van der Waals surface area contributed by atoms with Gasteiger partial charge in [0.1, 0.15) is 5.78 Å². The molecule has 0 aliphatic carbocycles. The maximum absolute atomic E-state index is 11.7. The van der Waals surface area contributed by atoms with Crippen LogP contribution in [-0.4, -0.2) is 19.4 Å². The Bertz CT molecular complexity index is 358. The third kappa shape index (κ3) is 4.15. The van der Waals surface area contributed by atoms with Crippen LogP contribution in [0.1, 0.15) is 29.5 Å². The number of hydrogen-bond donors (Lipinski definition) is 1. The molecule has 0 radical (unpaired) electrons. The Labute approximate surface area is 98.1 Å². The highest BCUT2D eigenvalue weighted by molar-refractivity contribution is 5.80.